The first-order chi connectivity index (χ1) is 7.34. The molecule has 0 aromatic heterocycles. The lowest BCUT2D eigenvalue weighted by atomic mass is 10.2. The highest BCUT2D eigenvalue weighted by atomic mass is 16.2. The molecule has 1 fully saturated rings. The van der Waals surface area contributed by atoms with Gasteiger partial charge in [0.2, 0.25) is 5.91 Å². The fraction of sp³-hybridized carbons (Fsp3) is 0.909. The summed E-state index contributed by atoms with van der Waals surface area (Å²) in [6.07, 6.45) is 2.11. The van der Waals surface area contributed by atoms with Gasteiger partial charge in [0.25, 0.3) is 0 Å². The molecule has 1 rings (SSSR count). The Labute approximate surface area is 95.0 Å². The minimum absolute atomic E-state index is 0.0787. The maximum atomic E-state index is 10.8. The zero-order valence-corrected chi connectivity index (χ0v) is 11.2. The van der Waals surface area contributed by atoms with Gasteiger partial charge in [0.1, 0.15) is 0 Å². The van der Waals surface area contributed by atoms with Crippen LogP contribution >= 0.6 is 0 Å². The van der Waals surface area contributed by atoms with E-state index in [4.69, 9.17) is 0 Å². The minimum Gasteiger partial charge on any atom is -0.358 e. The van der Waals surface area contributed by atoms with Gasteiger partial charge in [-0.2, -0.15) is 0 Å². The lowest BCUT2D eigenvalue weighted by Crippen LogP contribution is -2.38. The topological polar surface area (TPSA) is 67.1 Å². The highest BCUT2D eigenvalue weighted by Crippen LogP contribution is 2.03. The van der Waals surface area contributed by atoms with Gasteiger partial charge in [-0.25, -0.2) is 0 Å². The third-order valence-electron chi connectivity index (χ3n) is 1.62. The summed E-state index contributed by atoms with van der Waals surface area (Å²) in [4.78, 5) is 10.8. The first kappa shape index (κ1) is 19.9. The Balaban J connectivity index is -0.000000208. The predicted octanol–water partition coefficient (Wildman–Crippen LogP) is 1.11. The number of hydrogen-bond donors (Lipinski definition) is 3. The fourth-order valence-corrected chi connectivity index (χ4v) is 1.08. The van der Waals surface area contributed by atoms with Crippen molar-refractivity contribution in [2.45, 2.75) is 46.6 Å². The summed E-state index contributed by atoms with van der Waals surface area (Å²) in [5.74, 6) is 0.118. The Hall–Kier alpha value is -0.610. The Morgan fingerprint density at radius 1 is 1.27 bits per heavy atom. The molecule has 0 saturated carbocycles. The third kappa shape index (κ3) is 11.3. The highest BCUT2D eigenvalue weighted by Gasteiger charge is 2.19. The fourth-order valence-electron chi connectivity index (χ4n) is 1.08. The maximum Gasteiger partial charge on any atom is 0.236 e. The Kier molecular flexibility index (Phi) is 25.2. The predicted molar refractivity (Wildman–Crippen MR) is 67.9 cm³/mol. The summed E-state index contributed by atoms with van der Waals surface area (Å²) in [5.41, 5.74) is 4.50. The minimum atomic E-state index is 0.0787. The van der Waals surface area contributed by atoms with Crippen LogP contribution in [0.25, 0.3) is 0 Å². The van der Waals surface area contributed by atoms with Crippen molar-refractivity contribution in [1.82, 2.24) is 10.6 Å². The quantitative estimate of drug-likeness (QED) is 0.619. The van der Waals surface area contributed by atoms with E-state index in [1.807, 2.05) is 27.7 Å². The molecule has 1 atom stereocenters. The molecule has 1 aliphatic heterocycles. The zero-order valence-electron chi connectivity index (χ0n) is 11.2. The lowest BCUT2D eigenvalue weighted by molar-refractivity contribution is -0.122. The van der Waals surface area contributed by atoms with Crippen LogP contribution in [0.2, 0.25) is 0 Å². The van der Waals surface area contributed by atoms with Crippen LogP contribution in [-0.2, 0) is 4.79 Å². The van der Waals surface area contributed by atoms with E-state index in [-0.39, 0.29) is 11.9 Å². The molecule has 1 aliphatic rings. The first-order valence-corrected chi connectivity index (χ1v) is 5.87. The van der Waals surface area contributed by atoms with Gasteiger partial charge in [-0.3, -0.25) is 4.79 Å². The Bertz CT molecular complexity index is 112. The summed E-state index contributed by atoms with van der Waals surface area (Å²) in [6, 6.07) is 0.0787. The normalized spacial score (nSPS) is 16.9. The molecule has 15 heavy (non-hydrogen) atoms. The second kappa shape index (κ2) is 19.0. The molecule has 4 nitrogen and oxygen atoms in total. The third-order valence-corrected chi connectivity index (χ3v) is 1.62. The molecule has 4 N–H and O–H groups in total. The molecule has 1 saturated heterocycles. The molecular formula is C11H29N3O. The Morgan fingerprint density at radius 3 is 2.00 bits per heavy atom. The molecule has 0 bridgehead atoms. The van der Waals surface area contributed by atoms with E-state index in [1.54, 1.807) is 7.05 Å². The monoisotopic (exact) mass is 219 g/mol. The molecule has 0 aromatic carbocycles. The van der Waals surface area contributed by atoms with E-state index in [2.05, 4.69) is 16.4 Å². The number of carbonyl (C=O) groups excluding carboxylic acids is 1. The van der Waals surface area contributed by atoms with Gasteiger partial charge in [-0.15, -0.1) is 0 Å². The van der Waals surface area contributed by atoms with E-state index in [9.17, 15) is 4.79 Å². The van der Waals surface area contributed by atoms with E-state index in [0.29, 0.717) is 0 Å². The van der Waals surface area contributed by atoms with Crippen molar-refractivity contribution in [3.8, 4) is 0 Å². The van der Waals surface area contributed by atoms with Gasteiger partial charge in [0.15, 0.2) is 0 Å². The van der Waals surface area contributed by atoms with Crippen LogP contribution in [0.3, 0.4) is 0 Å². The number of nitrogens with one attached hydrogen (secondary N) is 2. The second-order valence-corrected chi connectivity index (χ2v) is 2.26. The van der Waals surface area contributed by atoms with Crippen molar-refractivity contribution in [2.24, 2.45) is 5.73 Å². The zero-order chi connectivity index (χ0) is 12.7. The molecular weight excluding hydrogens is 190 g/mol. The summed E-state index contributed by atoms with van der Waals surface area (Å²) >= 11 is 0. The summed E-state index contributed by atoms with van der Waals surface area (Å²) < 4.78 is 0. The number of rotatable bonds is 1. The number of amides is 1. The Morgan fingerprint density at radius 2 is 1.73 bits per heavy atom. The van der Waals surface area contributed by atoms with E-state index < -0.39 is 0 Å². The van der Waals surface area contributed by atoms with Crippen molar-refractivity contribution in [3.05, 3.63) is 0 Å². The molecule has 1 amide bonds. The SMILES string of the molecule is CC.CC.CN.CNC(=O)C1CCCN1. The van der Waals surface area contributed by atoms with Crippen molar-refractivity contribution < 1.29 is 4.79 Å². The van der Waals surface area contributed by atoms with Gasteiger partial charge >= 0.3 is 0 Å². The van der Waals surface area contributed by atoms with Crippen molar-refractivity contribution in [3.63, 3.8) is 0 Å². The van der Waals surface area contributed by atoms with Gasteiger partial charge < -0.3 is 16.4 Å². The van der Waals surface area contributed by atoms with Gasteiger partial charge in [-0.1, -0.05) is 27.7 Å². The van der Waals surface area contributed by atoms with E-state index >= 15 is 0 Å². The van der Waals surface area contributed by atoms with Crippen LogP contribution in [0.1, 0.15) is 40.5 Å². The van der Waals surface area contributed by atoms with Gasteiger partial charge in [0, 0.05) is 7.05 Å². The molecule has 94 valence electrons. The highest BCUT2D eigenvalue weighted by molar-refractivity contribution is 5.81. The molecule has 0 aromatic rings. The second-order valence-electron chi connectivity index (χ2n) is 2.26. The average Bonchev–Trinajstić information content (AvgIpc) is 2.89. The summed E-state index contributed by atoms with van der Waals surface area (Å²) in [5, 5.41) is 5.70. The standard InChI is InChI=1S/C6H12N2O.2C2H6.CH5N/c1-7-6(9)5-3-2-4-8-5;3*1-2/h5,8H,2-4H2,1H3,(H,7,9);2*1-2H3;2H2,1H3. The summed E-state index contributed by atoms with van der Waals surface area (Å²) in [6.45, 7) is 8.98. The van der Waals surface area contributed by atoms with Gasteiger partial charge in [0.05, 0.1) is 6.04 Å². The lowest BCUT2D eigenvalue weighted by Gasteiger charge is -2.05. The summed E-state index contributed by atoms with van der Waals surface area (Å²) in [7, 11) is 3.17. The number of hydrogen-bond acceptors (Lipinski definition) is 3. The molecule has 0 spiro atoms. The van der Waals surface area contributed by atoms with Gasteiger partial charge in [-0.05, 0) is 26.4 Å². The van der Waals surface area contributed by atoms with Crippen LogP contribution < -0.4 is 16.4 Å². The van der Waals surface area contributed by atoms with Crippen LogP contribution in [-0.4, -0.2) is 32.6 Å². The number of carbonyl (C=O) groups is 1. The first-order valence-electron chi connectivity index (χ1n) is 5.87. The van der Waals surface area contributed by atoms with Crippen LogP contribution in [0.4, 0.5) is 0 Å². The molecule has 1 heterocycles. The molecule has 4 heteroatoms. The smallest absolute Gasteiger partial charge is 0.236 e. The molecule has 0 aliphatic carbocycles. The average molecular weight is 219 g/mol. The molecule has 0 radical (unpaired) electrons. The maximum absolute atomic E-state index is 10.8. The number of likely N-dealkylation sites (N-methyl/N-ethyl adjacent to an activating group) is 1. The van der Waals surface area contributed by atoms with Crippen LogP contribution in [0.15, 0.2) is 0 Å². The van der Waals surface area contributed by atoms with E-state index in [0.717, 1.165) is 19.4 Å². The van der Waals surface area contributed by atoms with Crippen LogP contribution in [0.5, 0.6) is 0 Å². The van der Waals surface area contributed by atoms with Crippen molar-refractivity contribution in [2.75, 3.05) is 20.6 Å². The number of nitrogens with two attached hydrogens (primary N) is 1. The van der Waals surface area contributed by atoms with Crippen molar-refractivity contribution in [1.29, 1.82) is 0 Å². The van der Waals surface area contributed by atoms with Crippen LogP contribution in [0, 0.1) is 0 Å². The van der Waals surface area contributed by atoms with Crippen molar-refractivity contribution >= 4 is 5.91 Å². The largest absolute Gasteiger partial charge is 0.358 e. The molecule has 1 unspecified atom stereocenters. The van der Waals surface area contributed by atoms with E-state index in [1.165, 1.54) is 7.05 Å².